The van der Waals surface area contributed by atoms with Crippen LogP contribution in [0.1, 0.15) is 96.4 Å². The van der Waals surface area contributed by atoms with Crippen LogP contribution in [0.25, 0.3) is 0 Å². The standard InChI is InChI=1S/C43H46ClN7O8/c1-42(2)40(43(3,4)41(42)59-28-10-8-25(22-45)31(44)21-28)48-36(54)26-9-14-33(46-23-26)50-18-17-49(24-35(50)53)16-6-5-7-19-58-27-11-12-29-30(20-27)39(57)51(38(29)56)32-13-15-34(52)47-37(32)55/h8-12,14,20-21,23,32,40-41H,5-7,13,15-19,24H2,1-4H3,(H,48,54)(H,47,52,55)/t32?,40-,41-. The summed E-state index contributed by atoms with van der Waals surface area (Å²) < 4.78 is 12.2. The molecule has 308 valence electrons. The van der Waals surface area contributed by atoms with Crippen LogP contribution >= 0.6 is 11.6 Å². The highest BCUT2D eigenvalue weighted by atomic mass is 35.5. The molecule has 3 aliphatic heterocycles. The van der Waals surface area contributed by atoms with Gasteiger partial charge in [-0.15, -0.1) is 0 Å². The van der Waals surface area contributed by atoms with E-state index in [0.29, 0.717) is 53.2 Å². The Bertz CT molecular complexity index is 2240. The minimum absolute atomic E-state index is 0.0547. The molecule has 16 heteroatoms. The maximum atomic E-state index is 13.4. The number of rotatable bonds is 13. The number of halogens is 1. The molecule has 0 spiro atoms. The summed E-state index contributed by atoms with van der Waals surface area (Å²) in [6.45, 7) is 10.7. The van der Waals surface area contributed by atoms with Crippen LogP contribution in [0.4, 0.5) is 5.82 Å². The van der Waals surface area contributed by atoms with Gasteiger partial charge in [0, 0.05) is 48.6 Å². The number of pyridine rings is 1. The summed E-state index contributed by atoms with van der Waals surface area (Å²) in [4.78, 5) is 85.6. The van der Waals surface area contributed by atoms with Gasteiger partial charge in [0.2, 0.25) is 17.7 Å². The van der Waals surface area contributed by atoms with E-state index in [0.717, 1.165) is 30.7 Å². The first-order chi connectivity index (χ1) is 28.1. The zero-order chi connectivity index (χ0) is 42.2. The lowest BCUT2D eigenvalue weighted by molar-refractivity contribution is -0.164. The molecule has 2 aromatic carbocycles. The average Bonchev–Trinajstić information content (AvgIpc) is 3.45. The van der Waals surface area contributed by atoms with Gasteiger partial charge < -0.3 is 14.8 Å². The number of piperidine rings is 1. The first kappa shape index (κ1) is 41.3. The third kappa shape index (κ3) is 8.11. The molecule has 1 aromatic heterocycles. The Kier molecular flexibility index (Phi) is 11.5. The number of imide groups is 2. The van der Waals surface area contributed by atoms with Crippen molar-refractivity contribution in [2.24, 2.45) is 10.8 Å². The number of benzene rings is 2. The van der Waals surface area contributed by atoms with Gasteiger partial charge in [0.05, 0.1) is 40.4 Å². The van der Waals surface area contributed by atoms with Crippen molar-refractivity contribution in [1.29, 1.82) is 5.26 Å². The monoisotopic (exact) mass is 823 g/mol. The maximum absolute atomic E-state index is 13.4. The van der Waals surface area contributed by atoms with Gasteiger partial charge in [0.1, 0.15) is 35.5 Å². The number of hydrogen-bond donors (Lipinski definition) is 2. The van der Waals surface area contributed by atoms with E-state index < -0.39 is 40.5 Å². The third-order valence-electron chi connectivity index (χ3n) is 11.8. The van der Waals surface area contributed by atoms with Gasteiger partial charge in [-0.3, -0.25) is 48.8 Å². The number of anilines is 1. The molecule has 15 nitrogen and oxygen atoms in total. The smallest absolute Gasteiger partial charge is 0.262 e. The van der Waals surface area contributed by atoms with Gasteiger partial charge in [-0.1, -0.05) is 39.3 Å². The molecular weight excluding hydrogens is 778 g/mol. The number of unbranched alkanes of at least 4 members (excludes halogenated alkanes) is 2. The molecule has 59 heavy (non-hydrogen) atoms. The summed E-state index contributed by atoms with van der Waals surface area (Å²) in [6, 6.07) is 13.8. The van der Waals surface area contributed by atoms with Gasteiger partial charge >= 0.3 is 0 Å². The van der Waals surface area contributed by atoms with Crippen molar-refractivity contribution in [3.63, 3.8) is 0 Å². The second-order valence-electron chi connectivity index (χ2n) is 16.6. The molecular formula is C43H46ClN7O8. The predicted molar refractivity (Wildman–Crippen MR) is 215 cm³/mol. The number of piperazine rings is 1. The van der Waals surface area contributed by atoms with Crippen LogP contribution in [0.2, 0.25) is 5.02 Å². The van der Waals surface area contributed by atoms with E-state index in [1.54, 1.807) is 41.3 Å². The average molecular weight is 824 g/mol. The van der Waals surface area contributed by atoms with Crippen LogP contribution in [-0.2, 0) is 14.4 Å². The number of fused-ring (bicyclic) bond motifs is 1. The van der Waals surface area contributed by atoms with Crippen molar-refractivity contribution >= 4 is 52.9 Å². The van der Waals surface area contributed by atoms with Gasteiger partial charge in [-0.05, 0) is 74.7 Å². The minimum Gasteiger partial charge on any atom is -0.494 e. The summed E-state index contributed by atoms with van der Waals surface area (Å²) in [6.07, 6.45) is 3.84. The summed E-state index contributed by atoms with van der Waals surface area (Å²) in [7, 11) is 0. The molecule has 4 aliphatic rings. The second kappa shape index (κ2) is 16.4. The molecule has 1 atom stereocenters. The van der Waals surface area contributed by atoms with E-state index in [-0.39, 0.29) is 54.5 Å². The van der Waals surface area contributed by atoms with Crippen molar-refractivity contribution in [3.05, 3.63) is 82.0 Å². The van der Waals surface area contributed by atoms with Crippen molar-refractivity contribution in [3.8, 4) is 17.6 Å². The van der Waals surface area contributed by atoms with Crippen molar-refractivity contribution in [1.82, 2.24) is 25.4 Å². The van der Waals surface area contributed by atoms with Gasteiger partial charge in [-0.2, -0.15) is 5.26 Å². The van der Waals surface area contributed by atoms with Crippen LogP contribution in [0.3, 0.4) is 0 Å². The van der Waals surface area contributed by atoms with Crippen LogP contribution in [0.5, 0.6) is 11.5 Å². The molecule has 4 heterocycles. The summed E-state index contributed by atoms with van der Waals surface area (Å²) in [5.74, 6) is -1.08. The zero-order valence-corrected chi connectivity index (χ0v) is 34.1. The minimum atomic E-state index is -1.02. The lowest BCUT2D eigenvalue weighted by Crippen LogP contribution is -2.74. The normalized spacial score (nSPS) is 22.3. The first-order valence-corrected chi connectivity index (χ1v) is 20.1. The van der Waals surface area contributed by atoms with Crippen LogP contribution < -0.4 is 25.0 Å². The highest BCUT2D eigenvalue weighted by molar-refractivity contribution is 6.31. The number of nitrogens with one attached hydrogen (secondary N) is 2. The first-order valence-electron chi connectivity index (χ1n) is 19.7. The van der Waals surface area contributed by atoms with Crippen LogP contribution in [-0.4, -0.2) is 101 Å². The Morgan fingerprint density at radius 1 is 0.949 bits per heavy atom. The molecule has 3 fully saturated rings. The number of carbonyl (C=O) groups is 6. The Balaban J connectivity index is 0.825. The van der Waals surface area contributed by atoms with E-state index in [2.05, 4.69) is 20.5 Å². The second-order valence-corrected chi connectivity index (χ2v) is 17.0. The molecule has 1 saturated carbocycles. The van der Waals surface area contributed by atoms with Crippen molar-refractivity contribution in [2.75, 3.05) is 37.7 Å². The number of carbonyl (C=O) groups excluding carboxylic acids is 6. The molecule has 2 saturated heterocycles. The molecule has 0 radical (unpaired) electrons. The molecule has 6 amide bonds. The Labute approximate surface area is 347 Å². The van der Waals surface area contributed by atoms with Crippen LogP contribution in [0, 0.1) is 22.2 Å². The molecule has 2 N–H and O–H groups in total. The number of ether oxygens (including phenoxy) is 2. The summed E-state index contributed by atoms with van der Waals surface area (Å²) in [5.41, 5.74) is 0.281. The quantitative estimate of drug-likeness (QED) is 0.182. The van der Waals surface area contributed by atoms with Gasteiger partial charge in [-0.25, -0.2) is 4.98 Å². The number of nitriles is 1. The van der Waals surface area contributed by atoms with Gasteiger partial charge in [0.15, 0.2) is 0 Å². The number of aromatic nitrogens is 1. The zero-order valence-electron chi connectivity index (χ0n) is 33.4. The van der Waals surface area contributed by atoms with E-state index in [9.17, 15) is 34.0 Å². The SMILES string of the molecule is CC1(C)[C@H](NC(=O)c2ccc(N3CCN(CCCCCOc4ccc5c(c4)C(=O)N(C4CCC(=O)NC4=O)C5=O)CC3=O)nc2)C(C)(C)[C@H]1Oc1ccc(C#N)c(Cl)c1. The number of amides is 6. The third-order valence-corrected chi connectivity index (χ3v) is 12.1. The predicted octanol–water partition coefficient (Wildman–Crippen LogP) is 4.52. The molecule has 1 aliphatic carbocycles. The molecule has 7 rings (SSSR count). The number of hydrogen-bond acceptors (Lipinski definition) is 11. The van der Waals surface area contributed by atoms with E-state index >= 15 is 0 Å². The largest absolute Gasteiger partial charge is 0.494 e. The fraction of sp³-hybridized carbons (Fsp3) is 0.442. The van der Waals surface area contributed by atoms with Crippen molar-refractivity contribution < 1.29 is 38.2 Å². The lowest BCUT2D eigenvalue weighted by Gasteiger charge is -2.63. The van der Waals surface area contributed by atoms with E-state index in [4.69, 9.17) is 21.1 Å². The Hall–Kier alpha value is -5.85. The highest BCUT2D eigenvalue weighted by Gasteiger charge is 2.64. The van der Waals surface area contributed by atoms with E-state index in [1.165, 1.54) is 18.3 Å². The fourth-order valence-corrected chi connectivity index (χ4v) is 9.20. The van der Waals surface area contributed by atoms with Crippen molar-refractivity contribution in [2.45, 2.75) is 78.0 Å². The van der Waals surface area contributed by atoms with Gasteiger partial charge in [0.25, 0.3) is 17.7 Å². The highest BCUT2D eigenvalue weighted by Crippen LogP contribution is 2.55. The lowest BCUT2D eigenvalue weighted by atomic mass is 9.49. The fourth-order valence-electron chi connectivity index (χ4n) is 8.99. The topological polar surface area (TPSA) is 191 Å². The summed E-state index contributed by atoms with van der Waals surface area (Å²) >= 11 is 6.22. The Morgan fingerprint density at radius 3 is 2.37 bits per heavy atom. The molecule has 3 aromatic rings. The van der Waals surface area contributed by atoms with Crippen LogP contribution in [0.15, 0.2) is 54.7 Å². The number of nitrogens with zero attached hydrogens (tertiary/aromatic N) is 5. The van der Waals surface area contributed by atoms with E-state index in [1.807, 2.05) is 33.8 Å². The Morgan fingerprint density at radius 2 is 1.69 bits per heavy atom. The summed E-state index contributed by atoms with van der Waals surface area (Å²) in [5, 5.41) is 14.9. The molecule has 1 unspecified atom stereocenters. The maximum Gasteiger partial charge on any atom is 0.262 e. The molecule has 0 bridgehead atoms.